The SMILES string of the molecule is CCN=C(NC1CC1)NC1CCN(C(=O)C2CCCC2)C1.I. The van der Waals surface area contributed by atoms with E-state index in [1.807, 2.05) is 0 Å². The maximum atomic E-state index is 12.4. The van der Waals surface area contributed by atoms with Crippen molar-refractivity contribution in [2.45, 2.75) is 64.0 Å². The van der Waals surface area contributed by atoms with Crippen molar-refractivity contribution in [2.24, 2.45) is 10.9 Å². The van der Waals surface area contributed by atoms with Gasteiger partial charge in [0.15, 0.2) is 5.96 Å². The first-order valence-electron chi connectivity index (χ1n) is 8.62. The number of nitrogens with one attached hydrogen (secondary N) is 2. The lowest BCUT2D eigenvalue weighted by Gasteiger charge is -2.21. The highest BCUT2D eigenvalue weighted by Crippen LogP contribution is 2.27. The van der Waals surface area contributed by atoms with Crippen molar-refractivity contribution in [3.63, 3.8) is 0 Å². The molecule has 2 N–H and O–H groups in total. The Hall–Kier alpha value is -0.530. The summed E-state index contributed by atoms with van der Waals surface area (Å²) in [7, 11) is 0. The van der Waals surface area contributed by atoms with Crippen LogP contribution in [-0.4, -0.2) is 48.5 Å². The van der Waals surface area contributed by atoms with E-state index in [9.17, 15) is 4.79 Å². The van der Waals surface area contributed by atoms with E-state index < -0.39 is 0 Å². The number of nitrogens with zero attached hydrogens (tertiary/aromatic N) is 2. The summed E-state index contributed by atoms with van der Waals surface area (Å²) in [6.45, 7) is 4.58. The first-order chi connectivity index (χ1) is 10.3. The van der Waals surface area contributed by atoms with Crippen molar-refractivity contribution < 1.29 is 4.79 Å². The molecule has 0 spiro atoms. The van der Waals surface area contributed by atoms with Crippen LogP contribution in [0.2, 0.25) is 0 Å². The summed E-state index contributed by atoms with van der Waals surface area (Å²) in [6, 6.07) is 0.965. The van der Waals surface area contributed by atoms with Crippen LogP contribution in [0.4, 0.5) is 0 Å². The van der Waals surface area contributed by atoms with Crippen LogP contribution in [0.25, 0.3) is 0 Å². The van der Waals surface area contributed by atoms with E-state index in [4.69, 9.17) is 0 Å². The predicted molar refractivity (Wildman–Crippen MR) is 99.6 cm³/mol. The first kappa shape index (κ1) is 17.8. The maximum absolute atomic E-state index is 12.4. The molecule has 3 fully saturated rings. The van der Waals surface area contributed by atoms with Gasteiger partial charge in [-0.3, -0.25) is 9.79 Å². The van der Waals surface area contributed by atoms with Gasteiger partial charge in [-0.25, -0.2) is 0 Å². The molecule has 6 heteroatoms. The van der Waals surface area contributed by atoms with Crippen molar-refractivity contribution >= 4 is 35.8 Å². The van der Waals surface area contributed by atoms with Crippen molar-refractivity contribution in [1.82, 2.24) is 15.5 Å². The molecule has 22 heavy (non-hydrogen) atoms. The Labute approximate surface area is 150 Å². The third kappa shape index (κ3) is 4.73. The van der Waals surface area contributed by atoms with E-state index in [2.05, 4.69) is 27.4 Å². The molecule has 3 aliphatic rings. The highest BCUT2D eigenvalue weighted by molar-refractivity contribution is 14.0. The third-order valence-corrected chi connectivity index (χ3v) is 4.78. The van der Waals surface area contributed by atoms with Crippen molar-refractivity contribution in [2.75, 3.05) is 19.6 Å². The van der Waals surface area contributed by atoms with Gasteiger partial charge in [0, 0.05) is 37.6 Å². The summed E-state index contributed by atoms with van der Waals surface area (Å²) in [5.74, 6) is 1.62. The van der Waals surface area contributed by atoms with Gasteiger partial charge in [-0.15, -0.1) is 24.0 Å². The van der Waals surface area contributed by atoms with Gasteiger partial charge in [-0.2, -0.15) is 0 Å². The first-order valence-corrected chi connectivity index (χ1v) is 8.62. The van der Waals surface area contributed by atoms with E-state index in [1.165, 1.54) is 25.7 Å². The molecular formula is C16H29IN4O. The summed E-state index contributed by atoms with van der Waals surface area (Å²) >= 11 is 0. The third-order valence-electron chi connectivity index (χ3n) is 4.78. The monoisotopic (exact) mass is 420 g/mol. The molecule has 3 rings (SSSR count). The Bertz CT molecular complexity index is 405. The van der Waals surface area contributed by atoms with Gasteiger partial charge in [-0.1, -0.05) is 12.8 Å². The second kappa shape index (κ2) is 8.36. The highest BCUT2D eigenvalue weighted by atomic mass is 127. The van der Waals surface area contributed by atoms with Crippen molar-refractivity contribution in [3.8, 4) is 0 Å². The number of amides is 1. The number of halogens is 1. The smallest absolute Gasteiger partial charge is 0.225 e. The molecule has 5 nitrogen and oxygen atoms in total. The summed E-state index contributed by atoms with van der Waals surface area (Å²) in [6.07, 6.45) is 8.18. The van der Waals surface area contributed by atoms with E-state index in [0.29, 0.717) is 23.9 Å². The van der Waals surface area contributed by atoms with Crippen LogP contribution in [0.1, 0.15) is 51.9 Å². The zero-order chi connectivity index (χ0) is 14.7. The fraction of sp³-hybridized carbons (Fsp3) is 0.875. The molecule has 0 aromatic rings. The number of guanidine groups is 1. The minimum absolute atomic E-state index is 0. The standard InChI is InChI=1S/C16H28N4O.HI/c1-2-17-16(18-13-7-8-13)19-14-9-10-20(11-14)15(21)12-5-3-4-6-12;/h12-14H,2-11H2,1H3,(H2,17,18,19);1H. The molecule has 0 bridgehead atoms. The van der Waals surface area contributed by atoms with E-state index in [0.717, 1.165) is 44.9 Å². The Morgan fingerprint density at radius 3 is 2.41 bits per heavy atom. The minimum atomic E-state index is 0. The van der Waals surface area contributed by atoms with Gasteiger partial charge < -0.3 is 15.5 Å². The zero-order valence-electron chi connectivity index (χ0n) is 13.5. The molecular weight excluding hydrogens is 391 g/mol. The lowest BCUT2D eigenvalue weighted by molar-refractivity contribution is -0.134. The molecule has 1 amide bonds. The van der Waals surface area contributed by atoms with Gasteiger partial charge in [0.05, 0.1) is 0 Å². The van der Waals surface area contributed by atoms with Gasteiger partial charge in [0.25, 0.3) is 0 Å². The van der Waals surface area contributed by atoms with Gasteiger partial charge in [0.2, 0.25) is 5.91 Å². The largest absolute Gasteiger partial charge is 0.354 e. The zero-order valence-corrected chi connectivity index (χ0v) is 15.8. The Morgan fingerprint density at radius 2 is 1.77 bits per heavy atom. The lowest BCUT2D eigenvalue weighted by atomic mass is 10.1. The number of likely N-dealkylation sites (tertiary alicyclic amines) is 1. The second-order valence-corrected chi connectivity index (χ2v) is 6.64. The average molecular weight is 420 g/mol. The molecule has 1 heterocycles. The molecule has 0 radical (unpaired) electrons. The van der Waals surface area contributed by atoms with E-state index in [1.54, 1.807) is 0 Å². The number of rotatable bonds is 4. The average Bonchev–Trinajstić information content (AvgIpc) is 2.96. The molecule has 1 aliphatic heterocycles. The molecule has 2 aliphatic carbocycles. The lowest BCUT2D eigenvalue weighted by Crippen LogP contribution is -2.46. The normalized spacial score (nSPS) is 26.0. The van der Waals surface area contributed by atoms with Crippen LogP contribution < -0.4 is 10.6 Å². The maximum Gasteiger partial charge on any atom is 0.225 e. The van der Waals surface area contributed by atoms with Crippen LogP contribution in [0.3, 0.4) is 0 Å². The predicted octanol–water partition coefficient (Wildman–Crippen LogP) is 2.11. The van der Waals surface area contributed by atoms with Crippen LogP contribution >= 0.6 is 24.0 Å². The molecule has 126 valence electrons. The highest BCUT2D eigenvalue weighted by Gasteiger charge is 2.33. The Morgan fingerprint density at radius 1 is 1.09 bits per heavy atom. The topological polar surface area (TPSA) is 56.7 Å². The quantitative estimate of drug-likeness (QED) is 0.416. The number of carbonyl (C=O) groups is 1. The summed E-state index contributed by atoms with van der Waals surface area (Å²) < 4.78 is 0. The van der Waals surface area contributed by atoms with E-state index >= 15 is 0 Å². The number of carbonyl (C=O) groups excluding carboxylic acids is 1. The van der Waals surface area contributed by atoms with Crippen LogP contribution in [0.15, 0.2) is 4.99 Å². The molecule has 1 saturated heterocycles. The van der Waals surface area contributed by atoms with Crippen LogP contribution in [0, 0.1) is 5.92 Å². The Kier molecular flexibility index (Phi) is 6.77. The van der Waals surface area contributed by atoms with Crippen LogP contribution in [0.5, 0.6) is 0 Å². The molecule has 1 unspecified atom stereocenters. The molecule has 0 aromatic carbocycles. The molecule has 2 saturated carbocycles. The van der Waals surface area contributed by atoms with Gasteiger partial charge >= 0.3 is 0 Å². The number of aliphatic imine (C=N–C) groups is 1. The van der Waals surface area contributed by atoms with Crippen molar-refractivity contribution in [1.29, 1.82) is 0 Å². The summed E-state index contributed by atoms with van der Waals surface area (Å²) in [4.78, 5) is 19.0. The summed E-state index contributed by atoms with van der Waals surface area (Å²) in [5, 5.41) is 6.96. The van der Waals surface area contributed by atoms with Gasteiger partial charge in [0.1, 0.15) is 0 Å². The second-order valence-electron chi connectivity index (χ2n) is 6.64. The van der Waals surface area contributed by atoms with E-state index in [-0.39, 0.29) is 24.0 Å². The minimum Gasteiger partial charge on any atom is -0.354 e. The fourth-order valence-electron chi connectivity index (χ4n) is 3.41. The molecule has 1 atom stereocenters. The van der Waals surface area contributed by atoms with Crippen LogP contribution in [-0.2, 0) is 4.79 Å². The summed E-state index contributed by atoms with van der Waals surface area (Å²) in [5.41, 5.74) is 0. The molecule has 0 aromatic heterocycles. The Balaban J connectivity index is 0.00000176. The van der Waals surface area contributed by atoms with Gasteiger partial charge in [-0.05, 0) is 39.0 Å². The van der Waals surface area contributed by atoms with Crippen molar-refractivity contribution in [3.05, 3.63) is 0 Å². The number of hydrogen-bond acceptors (Lipinski definition) is 2. The number of hydrogen-bond donors (Lipinski definition) is 2. The fourth-order valence-corrected chi connectivity index (χ4v) is 3.41.